The Kier molecular flexibility index (Phi) is 6.63. The molecule has 0 radical (unpaired) electrons. The summed E-state index contributed by atoms with van der Waals surface area (Å²) in [5, 5.41) is 0. The van der Waals surface area contributed by atoms with Crippen LogP contribution in [0.2, 0.25) is 0 Å². The van der Waals surface area contributed by atoms with Gasteiger partial charge in [-0.1, -0.05) is 43.3 Å². The van der Waals surface area contributed by atoms with Crippen LogP contribution in [0.5, 0.6) is 0 Å². The second kappa shape index (κ2) is 9.75. The molecular formula is C26H29N3O2. The molecule has 0 fully saturated rings. The molecule has 0 saturated heterocycles. The summed E-state index contributed by atoms with van der Waals surface area (Å²) in [5.41, 5.74) is 5.09. The molecule has 3 heterocycles. The quantitative estimate of drug-likeness (QED) is 0.590. The Morgan fingerprint density at radius 1 is 1.13 bits per heavy atom. The van der Waals surface area contributed by atoms with Gasteiger partial charge in [-0.3, -0.25) is 14.7 Å². The molecule has 5 heteroatoms. The summed E-state index contributed by atoms with van der Waals surface area (Å²) in [6.07, 6.45) is 7.51. The molecule has 0 spiro atoms. The van der Waals surface area contributed by atoms with E-state index in [1.165, 1.54) is 11.1 Å². The molecule has 1 N–H and O–H groups in total. The number of nitrogens with zero attached hydrogens (tertiary/aromatic N) is 2. The number of benzene rings is 1. The normalized spacial score (nSPS) is 15.7. The summed E-state index contributed by atoms with van der Waals surface area (Å²) in [6.45, 7) is 6.40. The lowest BCUT2D eigenvalue weighted by Gasteiger charge is -2.26. The van der Waals surface area contributed by atoms with Crippen LogP contribution in [0.1, 0.15) is 41.3 Å². The van der Waals surface area contributed by atoms with E-state index in [9.17, 15) is 4.79 Å². The number of hydrogen-bond donors (Lipinski definition) is 1. The summed E-state index contributed by atoms with van der Waals surface area (Å²) < 4.78 is 6.36. The van der Waals surface area contributed by atoms with Crippen LogP contribution in [0, 0.1) is 6.92 Å². The van der Waals surface area contributed by atoms with Crippen LogP contribution < -0.4 is 5.56 Å². The van der Waals surface area contributed by atoms with Crippen LogP contribution in [0.15, 0.2) is 71.8 Å². The van der Waals surface area contributed by atoms with Gasteiger partial charge in [0.15, 0.2) is 0 Å². The predicted octanol–water partition coefficient (Wildman–Crippen LogP) is 4.47. The highest BCUT2D eigenvalue weighted by Crippen LogP contribution is 2.29. The standard InChI is InChI=1S/C26H29N3O2/c1-3-22-14-24(19(2)28-26(22)30)25-12-11-23(31-25)18-29(16-20-8-5-4-6-9-20)17-21-10-7-13-27-15-21/h4-10,12-15,23H,3,11,16-18H2,1-2H3,(H,28,30). The molecule has 1 unspecified atom stereocenters. The zero-order chi connectivity index (χ0) is 21.6. The zero-order valence-electron chi connectivity index (χ0n) is 18.2. The average Bonchev–Trinajstić information content (AvgIpc) is 3.23. The number of aromatic amines is 1. The first kappa shape index (κ1) is 21.1. The van der Waals surface area contributed by atoms with E-state index < -0.39 is 0 Å². The second-order valence-electron chi connectivity index (χ2n) is 8.08. The van der Waals surface area contributed by atoms with Gasteiger partial charge in [-0.05, 0) is 42.7 Å². The topological polar surface area (TPSA) is 58.2 Å². The summed E-state index contributed by atoms with van der Waals surface area (Å²) in [5.74, 6) is 0.870. The fraction of sp³-hybridized carbons (Fsp3) is 0.308. The first-order chi connectivity index (χ1) is 15.1. The molecule has 1 aromatic carbocycles. The molecule has 31 heavy (non-hydrogen) atoms. The molecule has 5 nitrogen and oxygen atoms in total. The number of hydrogen-bond acceptors (Lipinski definition) is 4. The number of pyridine rings is 2. The van der Waals surface area contributed by atoms with E-state index >= 15 is 0 Å². The maximum atomic E-state index is 12.1. The van der Waals surface area contributed by atoms with Gasteiger partial charge in [0.2, 0.25) is 0 Å². The van der Waals surface area contributed by atoms with Crippen molar-refractivity contribution in [3.8, 4) is 0 Å². The Labute approximate surface area is 183 Å². The second-order valence-corrected chi connectivity index (χ2v) is 8.08. The largest absolute Gasteiger partial charge is 0.488 e. The first-order valence-electron chi connectivity index (χ1n) is 10.9. The van der Waals surface area contributed by atoms with Crippen LogP contribution in [0.3, 0.4) is 0 Å². The Morgan fingerprint density at radius 3 is 2.65 bits per heavy atom. The summed E-state index contributed by atoms with van der Waals surface area (Å²) in [7, 11) is 0. The average molecular weight is 416 g/mol. The van der Waals surface area contributed by atoms with Gasteiger partial charge in [0.25, 0.3) is 5.56 Å². The molecule has 0 amide bonds. The van der Waals surface area contributed by atoms with E-state index in [2.05, 4.69) is 51.3 Å². The highest BCUT2D eigenvalue weighted by Gasteiger charge is 2.24. The Balaban J connectivity index is 1.47. The van der Waals surface area contributed by atoms with Crippen molar-refractivity contribution in [3.63, 3.8) is 0 Å². The Morgan fingerprint density at radius 2 is 1.90 bits per heavy atom. The van der Waals surface area contributed by atoms with E-state index in [0.29, 0.717) is 6.42 Å². The smallest absolute Gasteiger partial charge is 0.251 e. The Bertz CT molecular complexity index is 1050. The number of ether oxygens (including phenoxy) is 1. The number of rotatable bonds is 8. The van der Waals surface area contributed by atoms with E-state index in [-0.39, 0.29) is 11.7 Å². The van der Waals surface area contributed by atoms with Gasteiger partial charge < -0.3 is 9.72 Å². The molecule has 1 aliphatic rings. The van der Waals surface area contributed by atoms with Crippen molar-refractivity contribution in [2.24, 2.45) is 0 Å². The minimum Gasteiger partial charge on any atom is -0.488 e. The number of H-pyrrole nitrogens is 1. The molecule has 0 aliphatic carbocycles. The van der Waals surface area contributed by atoms with E-state index in [1.54, 1.807) is 6.20 Å². The summed E-state index contributed by atoms with van der Waals surface area (Å²) in [6, 6.07) is 16.6. The lowest BCUT2D eigenvalue weighted by molar-refractivity contribution is 0.117. The van der Waals surface area contributed by atoms with Crippen LogP contribution in [0.4, 0.5) is 0 Å². The molecular weight excluding hydrogens is 386 g/mol. The van der Waals surface area contributed by atoms with Crippen LogP contribution >= 0.6 is 0 Å². The Hall–Kier alpha value is -3.18. The van der Waals surface area contributed by atoms with Gasteiger partial charge in [-0.15, -0.1) is 0 Å². The molecule has 160 valence electrons. The third-order valence-electron chi connectivity index (χ3n) is 5.66. The maximum Gasteiger partial charge on any atom is 0.251 e. The van der Waals surface area contributed by atoms with Crippen molar-refractivity contribution in [1.29, 1.82) is 0 Å². The van der Waals surface area contributed by atoms with Crippen molar-refractivity contribution in [3.05, 3.63) is 105 Å². The van der Waals surface area contributed by atoms with Crippen molar-refractivity contribution >= 4 is 5.76 Å². The highest BCUT2D eigenvalue weighted by atomic mass is 16.5. The number of aromatic nitrogens is 2. The molecule has 3 aromatic rings. The van der Waals surface area contributed by atoms with E-state index in [4.69, 9.17) is 4.74 Å². The van der Waals surface area contributed by atoms with Gasteiger partial charge in [-0.2, -0.15) is 0 Å². The van der Waals surface area contributed by atoms with E-state index in [0.717, 1.165) is 48.6 Å². The van der Waals surface area contributed by atoms with E-state index in [1.807, 2.05) is 38.2 Å². The third kappa shape index (κ3) is 5.30. The number of aryl methyl sites for hydroxylation is 2. The van der Waals surface area contributed by atoms with Crippen molar-refractivity contribution in [1.82, 2.24) is 14.9 Å². The minimum atomic E-state index is -0.00981. The highest BCUT2D eigenvalue weighted by molar-refractivity contribution is 5.63. The monoisotopic (exact) mass is 415 g/mol. The summed E-state index contributed by atoms with van der Waals surface area (Å²) >= 11 is 0. The fourth-order valence-corrected chi connectivity index (χ4v) is 4.05. The maximum absolute atomic E-state index is 12.1. The molecule has 4 rings (SSSR count). The van der Waals surface area contributed by atoms with Gasteiger partial charge in [0.1, 0.15) is 11.9 Å². The fourth-order valence-electron chi connectivity index (χ4n) is 4.05. The van der Waals surface area contributed by atoms with Crippen LogP contribution in [-0.4, -0.2) is 27.5 Å². The van der Waals surface area contributed by atoms with Gasteiger partial charge in [-0.25, -0.2) is 0 Å². The van der Waals surface area contributed by atoms with Gasteiger partial charge >= 0.3 is 0 Å². The molecule has 0 bridgehead atoms. The molecule has 1 aliphatic heterocycles. The lowest BCUT2D eigenvalue weighted by Crippen LogP contribution is -2.31. The van der Waals surface area contributed by atoms with Crippen LogP contribution in [-0.2, 0) is 24.2 Å². The SMILES string of the molecule is CCc1cc(C2=CCC(CN(Cc3ccccc3)Cc3cccnc3)O2)c(C)[nH]c1=O. The van der Waals surface area contributed by atoms with Crippen molar-refractivity contribution in [2.45, 2.75) is 45.9 Å². The first-order valence-corrected chi connectivity index (χ1v) is 10.9. The molecule has 1 atom stereocenters. The summed E-state index contributed by atoms with van der Waals surface area (Å²) in [4.78, 5) is 21.7. The molecule has 0 saturated carbocycles. The van der Waals surface area contributed by atoms with Crippen molar-refractivity contribution < 1.29 is 4.74 Å². The predicted molar refractivity (Wildman–Crippen MR) is 123 cm³/mol. The van der Waals surface area contributed by atoms with Gasteiger partial charge in [0.05, 0.1) is 0 Å². The minimum absolute atomic E-state index is 0.00981. The lowest BCUT2D eigenvalue weighted by atomic mass is 10.1. The number of nitrogens with one attached hydrogen (secondary N) is 1. The third-order valence-corrected chi connectivity index (χ3v) is 5.66. The van der Waals surface area contributed by atoms with Gasteiger partial charge in [0, 0.05) is 55.3 Å². The van der Waals surface area contributed by atoms with Crippen molar-refractivity contribution in [2.75, 3.05) is 6.54 Å². The van der Waals surface area contributed by atoms with Crippen LogP contribution in [0.25, 0.3) is 5.76 Å². The molecule has 2 aromatic heterocycles. The zero-order valence-corrected chi connectivity index (χ0v) is 18.2.